The zero-order valence-electron chi connectivity index (χ0n) is 16.8. The molecule has 2 aromatic carbocycles. The molecule has 30 heavy (non-hydrogen) atoms. The molecule has 0 aliphatic heterocycles. The summed E-state index contributed by atoms with van der Waals surface area (Å²) in [7, 11) is 0. The minimum atomic E-state index is -4.54. The van der Waals surface area contributed by atoms with E-state index in [4.69, 9.17) is 4.74 Å². The Kier molecular flexibility index (Phi) is 6.87. The minimum Gasteiger partial charge on any atom is -0.491 e. The number of hydrogen-bond donors (Lipinski definition) is 0. The first-order chi connectivity index (χ1) is 14.3. The summed E-state index contributed by atoms with van der Waals surface area (Å²) in [6.07, 6.45) is -3.69. The van der Waals surface area contributed by atoms with E-state index in [0.717, 1.165) is 23.6 Å². The van der Waals surface area contributed by atoms with Gasteiger partial charge in [-0.25, -0.2) is 9.97 Å². The largest absolute Gasteiger partial charge is 0.491 e. The van der Waals surface area contributed by atoms with Gasteiger partial charge in [-0.05, 0) is 45.0 Å². The highest BCUT2D eigenvalue weighted by Gasteiger charge is 2.35. The first kappa shape index (κ1) is 22.0. The number of alkyl halides is 3. The zero-order chi connectivity index (χ0) is 21.7. The normalized spacial score (nSPS) is 11.6. The van der Waals surface area contributed by atoms with Crippen molar-refractivity contribution in [1.82, 2.24) is 9.97 Å². The van der Waals surface area contributed by atoms with Crippen LogP contribution in [0.1, 0.15) is 26.3 Å². The molecule has 0 unspecified atom stereocenters. The van der Waals surface area contributed by atoms with E-state index in [2.05, 4.69) is 9.97 Å². The first-order valence-corrected chi connectivity index (χ1v) is 10.3. The lowest BCUT2D eigenvalue weighted by atomic mass is 10.2. The molecule has 8 heteroatoms. The Hall–Kier alpha value is -2.74. The van der Waals surface area contributed by atoms with Gasteiger partial charge < -0.3 is 9.64 Å². The highest BCUT2D eigenvalue weighted by Crippen LogP contribution is 2.39. The Balaban J connectivity index is 2.01. The fourth-order valence-corrected chi connectivity index (χ4v) is 3.72. The van der Waals surface area contributed by atoms with Crippen LogP contribution in [0.5, 0.6) is 5.75 Å². The molecule has 158 valence electrons. The van der Waals surface area contributed by atoms with E-state index in [1.165, 1.54) is 0 Å². The monoisotopic (exact) mass is 433 g/mol. The lowest BCUT2D eigenvalue weighted by Crippen LogP contribution is -2.20. The van der Waals surface area contributed by atoms with Gasteiger partial charge in [-0.2, -0.15) is 13.2 Å². The fourth-order valence-electron chi connectivity index (χ4n) is 2.80. The lowest BCUT2D eigenvalue weighted by molar-refractivity contribution is -0.140. The van der Waals surface area contributed by atoms with Crippen LogP contribution in [-0.4, -0.2) is 22.6 Å². The summed E-state index contributed by atoms with van der Waals surface area (Å²) in [5.74, 6) is 0.873. The van der Waals surface area contributed by atoms with Crippen LogP contribution in [0.3, 0.4) is 0 Å². The number of nitrogens with zero attached hydrogens (tertiary/aromatic N) is 3. The second-order valence-corrected chi connectivity index (χ2v) is 7.77. The van der Waals surface area contributed by atoms with Crippen molar-refractivity contribution in [2.75, 3.05) is 11.4 Å². The van der Waals surface area contributed by atoms with Crippen LogP contribution in [0.4, 0.5) is 24.8 Å². The summed E-state index contributed by atoms with van der Waals surface area (Å²) in [6, 6.07) is 16.2. The van der Waals surface area contributed by atoms with Crippen molar-refractivity contribution >= 4 is 23.4 Å². The molecule has 0 atom stereocenters. The van der Waals surface area contributed by atoms with Crippen LogP contribution < -0.4 is 9.64 Å². The van der Waals surface area contributed by atoms with Crippen molar-refractivity contribution in [3.05, 3.63) is 66.4 Å². The number of halogens is 3. The van der Waals surface area contributed by atoms with Gasteiger partial charge >= 0.3 is 6.18 Å². The van der Waals surface area contributed by atoms with Gasteiger partial charge in [0.1, 0.15) is 16.3 Å². The third-order valence-electron chi connectivity index (χ3n) is 4.06. The zero-order valence-corrected chi connectivity index (χ0v) is 17.7. The third kappa shape index (κ3) is 5.44. The Bertz CT molecular complexity index is 981. The predicted octanol–water partition coefficient (Wildman–Crippen LogP) is 6.59. The minimum absolute atomic E-state index is 0.00604. The SMILES string of the molecule is CCN(c1cccc(OC(C)C)c1)c1ncc(C(F)(F)F)c(Sc2ccccc2)n1. The molecule has 0 N–H and O–H groups in total. The van der Waals surface area contributed by atoms with Crippen molar-refractivity contribution in [2.24, 2.45) is 0 Å². The van der Waals surface area contributed by atoms with E-state index in [-0.39, 0.29) is 17.1 Å². The van der Waals surface area contributed by atoms with E-state index >= 15 is 0 Å². The van der Waals surface area contributed by atoms with Crippen molar-refractivity contribution < 1.29 is 17.9 Å². The Morgan fingerprint density at radius 2 is 1.80 bits per heavy atom. The van der Waals surface area contributed by atoms with Crippen LogP contribution in [0.2, 0.25) is 0 Å². The van der Waals surface area contributed by atoms with Crippen LogP contribution in [0.25, 0.3) is 0 Å². The van der Waals surface area contributed by atoms with E-state index in [1.807, 2.05) is 51.1 Å². The summed E-state index contributed by atoms with van der Waals surface area (Å²) in [5, 5.41) is -0.133. The van der Waals surface area contributed by atoms with Crippen molar-refractivity contribution in [3.63, 3.8) is 0 Å². The van der Waals surface area contributed by atoms with Gasteiger partial charge in [0.2, 0.25) is 5.95 Å². The molecule has 0 amide bonds. The van der Waals surface area contributed by atoms with Gasteiger partial charge in [0.15, 0.2) is 0 Å². The maximum atomic E-state index is 13.5. The van der Waals surface area contributed by atoms with Gasteiger partial charge in [0.05, 0.1) is 6.10 Å². The molecule has 3 rings (SSSR count). The molecular weight excluding hydrogens is 411 g/mol. The quantitative estimate of drug-likeness (QED) is 0.393. The molecule has 0 spiro atoms. The molecule has 3 aromatic rings. The summed E-state index contributed by atoms with van der Waals surface area (Å²) in [4.78, 5) is 10.7. The van der Waals surface area contributed by atoms with Gasteiger partial charge in [0.25, 0.3) is 0 Å². The molecule has 0 fully saturated rings. The van der Waals surface area contributed by atoms with Crippen LogP contribution >= 0.6 is 11.8 Å². The topological polar surface area (TPSA) is 38.2 Å². The molecule has 0 radical (unpaired) electrons. The maximum absolute atomic E-state index is 13.5. The highest BCUT2D eigenvalue weighted by molar-refractivity contribution is 7.99. The van der Waals surface area contributed by atoms with Crippen LogP contribution in [0.15, 0.2) is 70.7 Å². The third-order valence-corrected chi connectivity index (χ3v) is 5.08. The fraction of sp³-hybridized carbons (Fsp3) is 0.273. The Morgan fingerprint density at radius 1 is 1.07 bits per heavy atom. The number of aromatic nitrogens is 2. The average Bonchev–Trinajstić information content (AvgIpc) is 2.68. The second-order valence-electron chi connectivity index (χ2n) is 6.71. The predicted molar refractivity (Wildman–Crippen MR) is 112 cm³/mol. The standard InChI is InChI=1S/C22H22F3N3OS/c1-4-28(16-9-8-10-17(13-16)29-15(2)3)21-26-14-19(22(23,24)25)20(27-21)30-18-11-6-5-7-12-18/h5-15H,4H2,1-3H3. The Morgan fingerprint density at radius 3 is 2.43 bits per heavy atom. The number of rotatable bonds is 7. The summed E-state index contributed by atoms with van der Waals surface area (Å²) in [5.41, 5.74) is -0.112. The van der Waals surface area contributed by atoms with Gasteiger partial charge in [-0.1, -0.05) is 36.0 Å². The number of hydrogen-bond acceptors (Lipinski definition) is 5. The van der Waals surface area contributed by atoms with E-state index < -0.39 is 11.7 Å². The Labute approximate surface area is 178 Å². The molecule has 4 nitrogen and oxygen atoms in total. The van der Waals surface area contributed by atoms with E-state index in [1.54, 1.807) is 29.2 Å². The second kappa shape index (κ2) is 9.38. The van der Waals surface area contributed by atoms with E-state index in [0.29, 0.717) is 17.2 Å². The number of ether oxygens (including phenoxy) is 1. The van der Waals surface area contributed by atoms with Crippen molar-refractivity contribution in [3.8, 4) is 5.75 Å². The molecule has 0 saturated carbocycles. The summed E-state index contributed by atoms with van der Waals surface area (Å²) < 4.78 is 46.4. The maximum Gasteiger partial charge on any atom is 0.420 e. The van der Waals surface area contributed by atoms with Crippen molar-refractivity contribution in [2.45, 2.75) is 43.0 Å². The number of benzene rings is 2. The average molecular weight is 433 g/mol. The molecule has 1 aromatic heterocycles. The molecule has 0 aliphatic carbocycles. The smallest absolute Gasteiger partial charge is 0.420 e. The summed E-state index contributed by atoms with van der Waals surface area (Å²) >= 11 is 0.967. The van der Waals surface area contributed by atoms with Crippen LogP contribution in [-0.2, 0) is 6.18 Å². The van der Waals surface area contributed by atoms with Gasteiger partial charge in [-0.15, -0.1) is 0 Å². The molecular formula is C22H22F3N3OS. The molecule has 0 aliphatic rings. The molecule has 1 heterocycles. The molecule has 0 bridgehead atoms. The van der Waals surface area contributed by atoms with E-state index in [9.17, 15) is 13.2 Å². The van der Waals surface area contributed by atoms with Crippen LogP contribution in [0, 0.1) is 0 Å². The summed E-state index contributed by atoms with van der Waals surface area (Å²) in [6.45, 7) is 6.22. The van der Waals surface area contributed by atoms with Gasteiger partial charge in [0, 0.05) is 29.4 Å². The molecule has 0 saturated heterocycles. The lowest BCUT2D eigenvalue weighted by Gasteiger charge is -2.23. The number of anilines is 2. The first-order valence-electron chi connectivity index (χ1n) is 9.49. The van der Waals surface area contributed by atoms with Gasteiger partial charge in [-0.3, -0.25) is 0 Å². The van der Waals surface area contributed by atoms with Crippen molar-refractivity contribution in [1.29, 1.82) is 0 Å². The highest BCUT2D eigenvalue weighted by atomic mass is 32.2.